The standard InChI is InChI=1S/C13H29N3O3/c1-15(2)7-5-8-16(9-11-19-4)13(17)12-14-6-10-18-3/h14H,5-12H2,1-4H3. The summed E-state index contributed by atoms with van der Waals surface area (Å²) in [6, 6.07) is 0. The average molecular weight is 275 g/mol. The van der Waals surface area contributed by atoms with Gasteiger partial charge in [0.1, 0.15) is 0 Å². The minimum atomic E-state index is 0.118. The fraction of sp³-hybridized carbons (Fsp3) is 0.923. The number of nitrogens with one attached hydrogen (secondary N) is 1. The third-order valence-corrected chi connectivity index (χ3v) is 2.71. The van der Waals surface area contributed by atoms with Gasteiger partial charge in [-0.05, 0) is 27.1 Å². The molecule has 114 valence electrons. The van der Waals surface area contributed by atoms with Gasteiger partial charge in [-0.25, -0.2) is 0 Å². The Kier molecular flexibility index (Phi) is 11.9. The molecule has 0 rings (SSSR count). The first kappa shape index (κ1) is 18.3. The van der Waals surface area contributed by atoms with E-state index in [0.717, 1.165) is 19.5 Å². The van der Waals surface area contributed by atoms with Crippen molar-refractivity contribution in [2.75, 3.05) is 74.3 Å². The van der Waals surface area contributed by atoms with Gasteiger partial charge in [0, 0.05) is 33.9 Å². The van der Waals surface area contributed by atoms with Crippen LogP contribution in [0.15, 0.2) is 0 Å². The van der Waals surface area contributed by atoms with Gasteiger partial charge in [0.2, 0.25) is 5.91 Å². The van der Waals surface area contributed by atoms with Crippen LogP contribution in [0.3, 0.4) is 0 Å². The first-order valence-corrected chi connectivity index (χ1v) is 6.73. The molecule has 0 aliphatic carbocycles. The number of carbonyl (C=O) groups is 1. The molecule has 1 N–H and O–H groups in total. The molecule has 0 saturated heterocycles. The molecule has 0 aliphatic rings. The second-order valence-electron chi connectivity index (χ2n) is 4.70. The maximum Gasteiger partial charge on any atom is 0.236 e. The maximum absolute atomic E-state index is 12.0. The molecule has 0 fully saturated rings. The molecule has 0 aromatic carbocycles. The molecule has 0 aliphatic heterocycles. The van der Waals surface area contributed by atoms with E-state index in [-0.39, 0.29) is 5.91 Å². The lowest BCUT2D eigenvalue weighted by Gasteiger charge is -2.23. The number of nitrogens with zero attached hydrogens (tertiary/aromatic N) is 2. The molecule has 6 heteroatoms. The van der Waals surface area contributed by atoms with E-state index in [2.05, 4.69) is 10.2 Å². The van der Waals surface area contributed by atoms with Crippen LogP contribution in [0.5, 0.6) is 0 Å². The van der Waals surface area contributed by atoms with Crippen LogP contribution in [0.2, 0.25) is 0 Å². The van der Waals surface area contributed by atoms with Crippen molar-refractivity contribution < 1.29 is 14.3 Å². The fourth-order valence-electron chi connectivity index (χ4n) is 1.62. The Bertz CT molecular complexity index is 225. The molecule has 0 radical (unpaired) electrons. The molecule has 19 heavy (non-hydrogen) atoms. The zero-order chi connectivity index (χ0) is 14.5. The number of ether oxygens (including phenoxy) is 2. The lowest BCUT2D eigenvalue weighted by Crippen LogP contribution is -2.41. The molecule has 0 aromatic heterocycles. The van der Waals surface area contributed by atoms with Crippen LogP contribution >= 0.6 is 0 Å². The smallest absolute Gasteiger partial charge is 0.236 e. The lowest BCUT2D eigenvalue weighted by molar-refractivity contribution is -0.131. The first-order valence-electron chi connectivity index (χ1n) is 6.73. The second-order valence-corrected chi connectivity index (χ2v) is 4.70. The number of carbonyl (C=O) groups excluding carboxylic acids is 1. The Hall–Kier alpha value is -0.690. The summed E-state index contributed by atoms with van der Waals surface area (Å²) in [7, 11) is 7.37. The molecule has 0 saturated carbocycles. The quantitative estimate of drug-likeness (QED) is 0.493. The summed E-state index contributed by atoms with van der Waals surface area (Å²) in [5.41, 5.74) is 0. The number of methoxy groups -OCH3 is 2. The lowest BCUT2D eigenvalue weighted by atomic mass is 10.3. The predicted molar refractivity (Wildman–Crippen MR) is 76.4 cm³/mol. The van der Waals surface area contributed by atoms with E-state index in [9.17, 15) is 4.79 Å². The van der Waals surface area contributed by atoms with Gasteiger partial charge in [-0.1, -0.05) is 0 Å². The molecule has 0 aromatic rings. The zero-order valence-corrected chi connectivity index (χ0v) is 12.8. The van der Waals surface area contributed by atoms with E-state index < -0.39 is 0 Å². The summed E-state index contributed by atoms with van der Waals surface area (Å²) in [5, 5.41) is 3.07. The number of rotatable bonds is 12. The van der Waals surface area contributed by atoms with Crippen LogP contribution < -0.4 is 5.32 Å². The first-order chi connectivity index (χ1) is 9.11. The van der Waals surface area contributed by atoms with E-state index in [1.165, 1.54) is 0 Å². The minimum absolute atomic E-state index is 0.118. The second kappa shape index (κ2) is 12.3. The van der Waals surface area contributed by atoms with E-state index >= 15 is 0 Å². The largest absolute Gasteiger partial charge is 0.383 e. The van der Waals surface area contributed by atoms with Crippen LogP contribution in [-0.2, 0) is 14.3 Å². The Morgan fingerprint density at radius 2 is 1.74 bits per heavy atom. The van der Waals surface area contributed by atoms with Crippen LogP contribution in [-0.4, -0.2) is 90.0 Å². The van der Waals surface area contributed by atoms with Gasteiger partial charge in [-0.2, -0.15) is 0 Å². The molecule has 1 amide bonds. The molecule has 0 heterocycles. The highest BCUT2D eigenvalue weighted by molar-refractivity contribution is 5.78. The fourth-order valence-corrected chi connectivity index (χ4v) is 1.62. The van der Waals surface area contributed by atoms with Crippen LogP contribution in [0, 0.1) is 0 Å². The summed E-state index contributed by atoms with van der Waals surface area (Å²) >= 11 is 0. The van der Waals surface area contributed by atoms with Gasteiger partial charge in [-0.15, -0.1) is 0 Å². The van der Waals surface area contributed by atoms with E-state index in [4.69, 9.17) is 9.47 Å². The van der Waals surface area contributed by atoms with E-state index in [1.54, 1.807) is 14.2 Å². The summed E-state index contributed by atoms with van der Waals surface area (Å²) in [4.78, 5) is 16.0. The molecular formula is C13H29N3O3. The van der Waals surface area contributed by atoms with Gasteiger partial charge in [0.15, 0.2) is 0 Å². The van der Waals surface area contributed by atoms with Crippen LogP contribution in [0.25, 0.3) is 0 Å². The van der Waals surface area contributed by atoms with Crippen molar-refractivity contribution in [3.8, 4) is 0 Å². The predicted octanol–water partition coefficient (Wildman–Crippen LogP) is -0.351. The van der Waals surface area contributed by atoms with Crippen molar-refractivity contribution in [1.82, 2.24) is 15.1 Å². The highest BCUT2D eigenvalue weighted by Gasteiger charge is 2.12. The van der Waals surface area contributed by atoms with Gasteiger partial charge in [0.25, 0.3) is 0 Å². The van der Waals surface area contributed by atoms with Crippen molar-refractivity contribution in [2.24, 2.45) is 0 Å². The molecule has 0 unspecified atom stereocenters. The topological polar surface area (TPSA) is 54.0 Å². The van der Waals surface area contributed by atoms with Crippen molar-refractivity contribution >= 4 is 5.91 Å². The molecular weight excluding hydrogens is 246 g/mol. The SMILES string of the molecule is COCCNCC(=O)N(CCCN(C)C)CCOC. The summed E-state index contributed by atoms with van der Waals surface area (Å²) in [5.74, 6) is 0.118. The highest BCUT2D eigenvalue weighted by atomic mass is 16.5. The average Bonchev–Trinajstić information content (AvgIpc) is 2.38. The van der Waals surface area contributed by atoms with E-state index in [1.807, 2.05) is 19.0 Å². The van der Waals surface area contributed by atoms with Crippen molar-refractivity contribution in [3.05, 3.63) is 0 Å². The summed E-state index contributed by atoms with van der Waals surface area (Å²) < 4.78 is 9.98. The van der Waals surface area contributed by atoms with Crippen LogP contribution in [0.4, 0.5) is 0 Å². The molecule has 0 bridgehead atoms. The highest BCUT2D eigenvalue weighted by Crippen LogP contribution is 1.94. The van der Waals surface area contributed by atoms with E-state index in [0.29, 0.717) is 32.8 Å². The van der Waals surface area contributed by atoms with Crippen molar-refractivity contribution in [2.45, 2.75) is 6.42 Å². The normalized spacial score (nSPS) is 11.0. The summed E-state index contributed by atoms with van der Waals surface area (Å²) in [6.45, 7) is 4.64. The zero-order valence-electron chi connectivity index (χ0n) is 12.8. The van der Waals surface area contributed by atoms with Crippen molar-refractivity contribution in [1.29, 1.82) is 0 Å². The molecule has 0 spiro atoms. The van der Waals surface area contributed by atoms with Crippen molar-refractivity contribution in [3.63, 3.8) is 0 Å². The van der Waals surface area contributed by atoms with Gasteiger partial charge in [0.05, 0.1) is 19.8 Å². The number of hydrogen-bond acceptors (Lipinski definition) is 5. The Morgan fingerprint density at radius 1 is 1.05 bits per heavy atom. The third-order valence-electron chi connectivity index (χ3n) is 2.71. The van der Waals surface area contributed by atoms with Crippen LogP contribution in [0.1, 0.15) is 6.42 Å². The number of hydrogen-bond donors (Lipinski definition) is 1. The molecule has 6 nitrogen and oxygen atoms in total. The Balaban J connectivity index is 3.96. The number of amides is 1. The molecule has 0 atom stereocenters. The Morgan fingerprint density at radius 3 is 2.32 bits per heavy atom. The third kappa shape index (κ3) is 10.9. The summed E-state index contributed by atoms with van der Waals surface area (Å²) in [6.07, 6.45) is 0.973. The van der Waals surface area contributed by atoms with Gasteiger partial charge < -0.3 is 24.6 Å². The maximum atomic E-state index is 12.0. The van der Waals surface area contributed by atoms with Gasteiger partial charge >= 0.3 is 0 Å². The van der Waals surface area contributed by atoms with Gasteiger partial charge in [-0.3, -0.25) is 4.79 Å². The minimum Gasteiger partial charge on any atom is -0.383 e. The Labute approximate surface area is 117 Å². The monoisotopic (exact) mass is 275 g/mol.